The molecule has 3 rings (SSSR count). The minimum atomic E-state index is -4.34. The van der Waals surface area contributed by atoms with Crippen LogP contribution in [0.2, 0.25) is 0 Å². The summed E-state index contributed by atoms with van der Waals surface area (Å²) in [6, 6.07) is 1.21. The molecule has 0 unspecified atom stereocenters. The van der Waals surface area contributed by atoms with Crippen molar-refractivity contribution in [3.63, 3.8) is 0 Å². The highest BCUT2D eigenvalue weighted by molar-refractivity contribution is 5.75. The number of piperazine rings is 1. The minimum Gasteiger partial charge on any atom is -0.347 e. The SMILES string of the molecule is CCN1c2cc(C(F)(F)F)cnc2N2CCNC[C@@H]12. The summed E-state index contributed by atoms with van der Waals surface area (Å²) in [6.45, 7) is 4.95. The third-order valence-electron chi connectivity index (χ3n) is 3.67. The highest BCUT2D eigenvalue weighted by Crippen LogP contribution is 2.41. The second-order valence-electron chi connectivity index (χ2n) is 4.73. The third kappa shape index (κ3) is 1.92. The van der Waals surface area contributed by atoms with Gasteiger partial charge in [0.1, 0.15) is 6.17 Å². The Bertz CT molecular complexity index is 488. The molecular weight excluding hydrogens is 257 g/mol. The van der Waals surface area contributed by atoms with E-state index in [2.05, 4.69) is 15.2 Å². The molecule has 1 N–H and O–H groups in total. The predicted octanol–water partition coefficient (Wildman–Crippen LogP) is 1.68. The van der Waals surface area contributed by atoms with Crippen molar-refractivity contribution in [2.75, 3.05) is 36.0 Å². The molecule has 2 aliphatic heterocycles. The summed E-state index contributed by atoms with van der Waals surface area (Å²) in [5, 5.41) is 3.27. The van der Waals surface area contributed by atoms with Crippen LogP contribution in [0.4, 0.5) is 24.7 Å². The largest absolute Gasteiger partial charge is 0.417 e. The minimum absolute atomic E-state index is 0.0738. The van der Waals surface area contributed by atoms with Gasteiger partial charge in [0.25, 0.3) is 0 Å². The fourth-order valence-corrected chi connectivity index (χ4v) is 2.79. The Morgan fingerprint density at radius 3 is 2.95 bits per heavy atom. The van der Waals surface area contributed by atoms with Crippen LogP contribution >= 0.6 is 0 Å². The summed E-state index contributed by atoms with van der Waals surface area (Å²) >= 11 is 0. The molecule has 4 nitrogen and oxygen atoms in total. The van der Waals surface area contributed by atoms with Gasteiger partial charge in [0.2, 0.25) is 0 Å². The Hall–Kier alpha value is -1.50. The average molecular weight is 272 g/mol. The average Bonchev–Trinajstić information content (AvgIpc) is 2.70. The zero-order chi connectivity index (χ0) is 13.6. The van der Waals surface area contributed by atoms with Gasteiger partial charge < -0.3 is 15.1 Å². The Morgan fingerprint density at radius 1 is 1.47 bits per heavy atom. The van der Waals surface area contributed by atoms with Crippen LogP contribution < -0.4 is 15.1 Å². The van der Waals surface area contributed by atoms with Crippen molar-refractivity contribution in [2.24, 2.45) is 0 Å². The number of nitrogens with zero attached hydrogens (tertiary/aromatic N) is 3. The van der Waals surface area contributed by atoms with Crippen LogP contribution in [0.3, 0.4) is 0 Å². The van der Waals surface area contributed by atoms with E-state index in [4.69, 9.17) is 0 Å². The zero-order valence-corrected chi connectivity index (χ0v) is 10.5. The monoisotopic (exact) mass is 272 g/mol. The summed E-state index contributed by atoms with van der Waals surface area (Å²) in [5.74, 6) is 0.668. The van der Waals surface area contributed by atoms with E-state index in [0.717, 1.165) is 25.8 Å². The van der Waals surface area contributed by atoms with Crippen molar-refractivity contribution in [1.29, 1.82) is 0 Å². The first-order valence-corrected chi connectivity index (χ1v) is 6.33. The van der Waals surface area contributed by atoms with Crippen molar-refractivity contribution >= 4 is 11.5 Å². The van der Waals surface area contributed by atoms with E-state index in [9.17, 15) is 13.2 Å². The normalized spacial score (nSPS) is 22.4. The summed E-state index contributed by atoms with van der Waals surface area (Å²) in [6.07, 6.45) is -3.34. The Morgan fingerprint density at radius 2 is 2.26 bits per heavy atom. The highest BCUT2D eigenvalue weighted by Gasteiger charge is 2.40. The first-order chi connectivity index (χ1) is 9.02. The molecule has 0 bridgehead atoms. The lowest BCUT2D eigenvalue weighted by Gasteiger charge is -2.35. The molecule has 0 amide bonds. The lowest BCUT2D eigenvalue weighted by Crippen LogP contribution is -2.56. The number of pyridine rings is 1. The molecule has 1 atom stereocenters. The van der Waals surface area contributed by atoms with E-state index in [1.54, 1.807) is 0 Å². The number of alkyl halides is 3. The summed E-state index contributed by atoms with van der Waals surface area (Å²) in [7, 11) is 0. The second kappa shape index (κ2) is 4.26. The van der Waals surface area contributed by atoms with Crippen LogP contribution in [0.15, 0.2) is 12.3 Å². The molecule has 1 aromatic rings. The second-order valence-corrected chi connectivity index (χ2v) is 4.73. The van der Waals surface area contributed by atoms with Crippen LogP contribution in [-0.2, 0) is 6.18 Å². The third-order valence-corrected chi connectivity index (χ3v) is 3.67. The molecule has 19 heavy (non-hydrogen) atoms. The van der Waals surface area contributed by atoms with Crippen molar-refractivity contribution in [3.05, 3.63) is 17.8 Å². The first kappa shape index (κ1) is 12.5. The maximum absolute atomic E-state index is 12.8. The van der Waals surface area contributed by atoms with Gasteiger partial charge in [-0.3, -0.25) is 0 Å². The number of aromatic nitrogens is 1. The summed E-state index contributed by atoms with van der Waals surface area (Å²) < 4.78 is 38.3. The van der Waals surface area contributed by atoms with Crippen LogP contribution in [0, 0.1) is 0 Å². The van der Waals surface area contributed by atoms with E-state index in [1.807, 2.05) is 11.8 Å². The molecule has 1 fully saturated rings. The molecule has 0 aromatic carbocycles. The molecule has 0 radical (unpaired) electrons. The molecule has 0 aliphatic carbocycles. The number of nitrogens with one attached hydrogen (secondary N) is 1. The van der Waals surface area contributed by atoms with E-state index in [0.29, 0.717) is 18.1 Å². The van der Waals surface area contributed by atoms with E-state index >= 15 is 0 Å². The molecule has 0 saturated carbocycles. The number of likely N-dealkylation sites (N-methyl/N-ethyl adjacent to an activating group) is 1. The van der Waals surface area contributed by atoms with Gasteiger partial charge >= 0.3 is 6.18 Å². The fraction of sp³-hybridized carbons (Fsp3) is 0.583. The smallest absolute Gasteiger partial charge is 0.347 e. The standard InChI is InChI=1S/C12H15F3N4/c1-2-18-9-5-8(12(13,14)15)6-17-11(9)19-4-3-16-7-10(18)19/h5-6,10,16H,2-4,7H2,1H3/t10-/m0/s1. The number of halogens is 3. The number of rotatable bonds is 1. The van der Waals surface area contributed by atoms with Crippen molar-refractivity contribution < 1.29 is 13.2 Å². The maximum atomic E-state index is 12.8. The molecule has 3 heterocycles. The van der Waals surface area contributed by atoms with Gasteiger partial charge in [-0.1, -0.05) is 0 Å². The highest BCUT2D eigenvalue weighted by atomic mass is 19.4. The van der Waals surface area contributed by atoms with Gasteiger partial charge in [-0.2, -0.15) is 13.2 Å². The lowest BCUT2D eigenvalue weighted by atomic mass is 10.2. The van der Waals surface area contributed by atoms with Gasteiger partial charge in [0.05, 0.1) is 11.3 Å². The molecular formula is C12H15F3N4. The predicted molar refractivity (Wildman–Crippen MR) is 66.3 cm³/mol. The van der Waals surface area contributed by atoms with Crippen LogP contribution in [0.25, 0.3) is 0 Å². The molecule has 1 aromatic heterocycles. The first-order valence-electron chi connectivity index (χ1n) is 6.33. The summed E-state index contributed by atoms with van der Waals surface area (Å²) in [5.41, 5.74) is -0.0940. The Balaban J connectivity index is 2.05. The molecule has 7 heteroatoms. The quantitative estimate of drug-likeness (QED) is 0.843. The van der Waals surface area contributed by atoms with Gasteiger partial charge in [-0.25, -0.2) is 4.98 Å². The zero-order valence-electron chi connectivity index (χ0n) is 10.5. The molecule has 104 valence electrons. The van der Waals surface area contributed by atoms with Crippen LogP contribution in [-0.4, -0.2) is 37.3 Å². The number of anilines is 2. The number of hydrogen-bond donors (Lipinski definition) is 1. The molecule has 2 aliphatic rings. The van der Waals surface area contributed by atoms with Crippen LogP contribution in [0.1, 0.15) is 12.5 Å². The van der Waals surface area contributed by atoms with Crippen molar-refractivity contribution in [2.45, 2.75) is 19.3 Å². The van der Waals surface area contributed by atoms with E-state index < -0.39 is 11.7 Å². The number of fused-ring (bicyclic) bond motifs is 3. The van der Waals surface area contributed by atoms with E-state index in [-0.39, 0.29) is 6.17 Å². The van der Waals surface area contributed by atoms with Gasteiger partial charge in [-0.05, 0) is 13.0 Å². The maximum Gasteiger partial charge on any atom is 0.417 e. The summed E-state index contributed by atoms with van der Waals surface area (Å²) in [4.78, 5) is 8.10. The topological polar surface area (TPSA) is 31.4 Å². The number of hydrogen-bond acceptors (Lipinski definition) is 4. The van der Waals surface area contributed by atoms with Gasteiger partial charge in [0, 0.05) is 32.4 Å². The fourth-order valence-electron chi connectivity index (χ4n) is 2.79. The molecule has 0 spiro atoms. The van der Waals surface area contributed by atoms with Gasteiger partial charge in [0.15, 0.2) is 5.82 Å². The van der Waals surface area contributed by atoms with Gasteiger partial charge in [-0.15, -0.1) is 0 Å². The lowest BCUT2D eigenvalue weighted by molar-refractivity contribution is -0.137. The van der Waals surface area contributed by atoms with Crippen molar-refractivity contribution in [3.8, 4) is 0 Å². The Labute approximate surface area is 109 Å². The Kier molecular flexibility index (Phi) is 2.81. The van der Waals surface area contributed by atoms with Crippen LogP contribution in [0.5, 0.6) is 0 Å². The molecule has 1 saturated heterocycles. The van der Waals surface area contributed by atoms with Crippen molar-refractivity contribution in [1.82, 2.24) is 10.3 Å². The van der Waals surface area contributed by atoms with E-state index in [1.165, 1.54) is 6.07 Å².